The van der Waals surface area contributed by atoms with Crippen LogP contribution in [-0.2, 0) is 0 Å². The lowest BCUT2D eigenvalue weighted by Crippen LogP contribution is -2.26. The molecule has 3 amide bonds. The Morgan fingerprint density at radius 1 is 1.28 bits per heavy atom. The van der Waals surface area contributed by atoms with Crippen LogP contribution in [0, 0.1) is 0 Å². The number of pyridine rings is 1. The first kappa shape index (κ1) is 18.2. The van der Waals surface area contributed by atoms with Gasteiger partial charge >= 0.3 is 12.1 Å². The first-order chi connectivity index (χ1) is 11.9. The van der Waals surface area contributed by atoms with Crippen molar-refractivity contribution in [2.75, 3.05) is 14.1 Å². The maximum absolute atomic E-state index is 12.0. The highest BCUT2D eigenvalue weighted by Gasteiger charge is 2.17. The molecule has 1 aromatic carbocycles. The summed E-state index contributed by atoms with van der Waals surface area (Å²) in [5, 5.41) is 4.25. The van der Waals surface area contributed by atoms with E-state index in [4.69, 9.17) is 22.1 Å². The summed E-state index contributed by atoms with van der Waals surface area (Å²) >= 11 is 5.92. The van der Waals surface area contributed by atoms with Gasteiger partial charge in [-0.15, -0.1) is 0 Å². The molecule has 0 saturated carbocycles. The molecule has 25 heavy (non-hydrogen) atoms. The predicted octanol–water partition coefficient (Wildman–Crippen LogP) is 2.46. The zero-order valence-corrected chi connectivity index (χ0v) is 14.3. The van der Waals surface area contributed by atoms with Gasteiger partial charge < -0.3 is 15.4 Å². The molecule has 0 atom stereocenters. The van der Waals surface area contributed by atoms with Crippen LogP contribution in [0.2, 0.25) is 5.02 Å². The van der Waals surface area contributed by atoms with Crippen LogP contribution in [0.1, 0.15) is 5.69 Å². The number of amides is 3. The smallest absolute Gasteiger partial charge is 0.407 e. The summed E-state index contributed by atoms with van der Waals surface area (Å²) in [5.74, 6) is 0.193. The molecule has 130 valence electrons. The molecule has 0 aliphatic heterocycles. The second kappa shape index (κ2) is 8.11. The first-order valence-electron chi connectivity index (χ1n) is 7.11. The lowest BCUT2D eigenvalue weighted by molar-refractivity contribution is 0.172. The lowest BCUT2D eigenvalue weighted by atomic mass is 10.0. The molecule has 2 aromatic rings. The number of primary amides is 1. The predicted molar refractivity (Wildman–Crippen MR) is 94.7 cm³/mol. The standard InChI is InChI=1S/C16H16ClN5O3/c1-22(2)16(24)25-14-12(10-3-5-11(17)6-4-10)7-8-19-13(14)9-20-21-15(18)23/h3-9H,1-2H3,(H3,18,21,23). The van der Waals surface area contributed by atoms with Gasteiger partial charge in [-0.25, -0.2) is 15.0 Å². The Kier molecular flexibility index (Phi) is 5.91. The third-order valence-electron chi connectivity index (χ3n) is 3.00. The summed E-state index contributed by atoms with van der Waals surface area (Å²) in [6, 6.07) is 7.88. The van der Waals surface area contributed by atoms with Gasteiger partial charge in [0, 0.05) is 30.9 Å². The molecule has 0 bridgehead atoms. The average Bonchev–Trinajstić information content (AvgIpc) is 2.56. The van der Waals surface area contributed by atoms with Crippen molar-refractivity contribution < 1.29 is 14.3 Å². The SMILES string of the molecule is CN(C)C(=O)Oc1c(-c2ccc(Cl)cc2)ccnc1C=NNC(N)=O. The van der Waals surface area contributed by atoms with Gasteiger partial charge in [0.2, 0.25) is 0 Å². The summed E-state index contributed by atoms with van der Waals surface area (Å²) in [6.07, 6.45) is 2.19. The topological polar surface area (TPSA) is 110 Å². The number of ether oxygens (including phenoxy) is 1. The summed E-state index contributed by atoms with van der Waals surface area (Å²) in [5.41, 5.74) is 8.65. The number of nitrogens with one attached hydrogen (secondary N) is 1. The van der Waals surface area contributed by atoms with Gasteiger partial charge in [0.15, 0.2) is 5.75 Å². The maximum atomic E-state index is 12.0. The molecule has 1 aromatic heterocycles. The molecule has 1 heterocycles. The molecule has 0 aliphatic carbocycles. The molecule has 9 heteroatoms. The van der Waals surface area contributed by atoms with Gasteiger partial charge in [0.1, 0.15) is 5.69 Å². The third-order valence-corrected chi connectivity index (χ3v) is 3.26. The number of nitrogens with two attached hydrogens (primary N) is 1. The number of benzene rings is 1. The Morgan fingerprint density at radius 3 is 2.56 bits per heavy atom. The zero-order chi connectivity index (χ0) is 18.4. The Hall–Kier alpha value is -3.13. The van der Waals surface area contributed by atoms with E-state index in [0.717, 1.165) is 5.56 Å². The molecule has 0 unspecified atom stereocenters. The zero-order valence-electron chi connectivity index (χ0n) is 13.6. The average molecular weight is 362 g/mol. The van der Waals surface area contributed by atoms with Gasteiger partial charge in [0.25, 0.3) is 0 Å². The normalized spacial score (nSPS) is 10.5. The van der Waals surface area contributed by atoms with E-state index in [1.54, 1.807) is 44.4 Å². The van der Waals surface area contributed by atoms with Gasteiger partial charge in [-0.3, -0.25) is 4.98 Å². The number of hydrogen-bond donors (Lipinski definition) is 2. The largest absolute Gasteiger partial charge is 0.414 e. The first-order valence-corrected chi connectivity index (χ1v) is 7.49. The fourth-order valence-corrected chi connectivity index (χ4v) is 1.98. The van der Waals surface area contributed by atoms with E-state index in [9.17, 15) is 9.59 Å². The van der Waals surface area contributed by atoms with Gasteiger partial charge in [-0.1, -0.05) is 23.7 Å². The molecule has 8 nitrogen and oxygen atoms in total. The van der Waals surface area contributed by atoms with Gasteiger partial charge in [-0.05, 0) is 23.8 Å². The van der Waals surface area contributed by atoms with Crippen LogP contribution in [0.4, 0.5) is 9.59 Å². The third kappa shape index (κ3) is 4.92. The molecular weight excluding hydrogens is 346 g/mol. The fourth-order valence-electron chi connectivity index (χ4n) is 1.86. The van der Waals surface area contributed by atoms with Crippen molar-refractivity contribution >= 4 is 29.9 Å². The van der Waals surface area contributed by atoms with Gasteiger partial charge in [-0.2, -0.15) is 5.10 Å². The van der Waals surface area contributed by atoms with Crippen molar-refractivity contribution in [2.24, 2.45) is 10.8 Å². The van der Waals surface area contributed by atoms with E-state index in [1.165, 1.54) is 17.3 Å². The van der Waals surface area contributed by atoms with Crippen LogP contribution in [0.25, 0.3) is 11.1 Å². The molecule has 0 spiro atoms. The highest BCUT2D eigenvalue weighted by Crippen LogP contribution is 2.32. The van der Waals surface area contributed by atoms with E-state index in [2.05, 4.69) is 15.5 Å². The molecule has 0 fully saturated rings. The van der Waals surface area contributed by atoms with Crippen molar-refractivity contribution in [3.05, 3.63) is 47.2 Å². The van der Waals surface area contributed by atoms with Crippen molar-refractivity contribution in [3.63, 3.8) is 0 Å². The molecule has 0 radical (unpaired) electrons. The number of urea groups is 1. The van der Waals surface area contributed by atoms with E-state index < -0.39 is 12.1 Å². The Bertz CT molecular complexity index is 806. The molecule has 2 rings (SSSR count). The van der Waals surface area contributed by atoms with E-state index in [0.29, 0.717) is 10.6 Å². The van der Waals surface area contributed by atoms with Crippen LogP contribution in [0.15, 0.2) is 41.6 Å². The maximum Gasteiger partial charge on any atom is 0.414 e. The number of carbonyl (C=O) groups excluding carboxylic acids is 2. The number of rotatable bonds is 4. The number of nitrogens with zero attached hydrogens (tertiary/aromatic N) is 3. The van der Waals surface area contributed by atoms with Crippen LogP contribution in [0.5, 0.6) is 5.75 Å². The van der Waals surface area contributed by atoms with Crippen LogP contribution >= 0.6 is 11.6 Å². The highest BCUT2D eigenvalue weighted by atomic mass is 35.5. The summed E-state index contributed by atoms with van der Waals surface area (Å²) in [6.45, 7) is 0. The quantitative estimate of drug-likeness (QED) is 0.643. The molecule has 0 aliphatic rings. The number of halogens is 1. The minimum atomic E-state index is -0.822. The van der Waals surface area contributed by atoms with Crippen molar-refractivity contribution in [2.45, 2.75) is 0 Å². The lowest BCUT2D eigenvalue weighted by Gasteiger charge is -2.15. The molecule has 3 N–H and O–H groups in total. The van der Waals surface area contributed by atoms with Gasteiger partial charge in [0.05, 0.1) is 6.21 Å². The van der Waals surface area contributed by atoms with E-state index >= 15 is 0 Å². The van der Waals surface area contributed by atoms with Crippen LogP contribution in [0.3, 0.4) is 0 Å². The number of carbonyl (C=O) groups is 2. The second-order valence-electron chi connectivity index (χ2n) is 5.08. The molecular formula is C16H16ClN5O3. The van der Waals surface area contributed by atoms with Crippen LogP contribution < -0.4 is 15.9 Å². The fraction of sp³-hybridized carbons (Fsp3) is 0.125. The van der Waals surface area contributed by atoms with Crippen molar-refractivity contribution in [3.8, 4) is 16.9 Å². The second-order valence-corrected chi connectivity index (χ2v) is 5.51. The number of hydrogen-bond acceptors (Lipinski definition) is 5. The Labute approximate surface area is 149 Å². The van der Waals surface area contributed by atoms with E-state index in [1.807, 2.05) is 0 Å². The van der Waals surface area contributed by atoms with Crippen molar-refractivity contribution in [1.82, 2.24) is 15.3 Å². The number of aromatic nitrogens is 1. The van der Waals surface area contributed by atoms with Crippen LogP contribution in [-0.4, -0.2) is 42.3 Å². The van der Waals surface area contributed by atoms with E-state index in [-0.39, 0.29) is 11.4 Å². The van der Waals surface area contributed by atoms with Crippen molar-refractivity contribution in [1.29, 1.82) is 0 Å². The Balaban J connectivity index is 2.50. The monoisotopic (exact) mass is 361 g/mol. The molecule has 0 saturated heterocycles. The summed E-state index contributed by atoms with van der Waals surface area (Å²) < 4.78 is 5.44. The summed E-state index contributed by atoms with van der Waals surface area (Å²) in [7, 11) is 3.12. The Morgan fingerprint density at radius 2 is 1.96 bits per heavy atom. The highest BCUT2D eigenvalue weighted by molar-refractivity contribution is 6.30. The summed E-state index contributed by atoms with van der Waals surface area (Å²) in [4.78, 5) is 28.1. The minimum Gasteiger partial charge on any atom is -0.407 e. The number of hydrazone groups is 1. The minimum absolute atomic E-state index is 0.193.